The standard InChI is InChI=1S/C22H15N3O6/c26-20(23-16-9-14-3-1-2-4-17(14)31-22(16)28)11-25-21(27)8-6-15(24-25)13-5-7-18-19(10-13)30-12-29-18/h1-10H,11-12H2,(H,23,26). The SMILES string of the molecule is O=C(Cn1nc(-c2ccc3c(c2)OCO3)ccc1=O)Nc1cc2ccccc2oc1=O. The second-order valence-electron chi connectivity index (χ2n) is 6.82. The molecule has 1 amide bonds. The van der Waals surface area contributed by atoms with Crippen LogP contribution in [0.1, 0.15) is 0 Å². The van der Waals surface area contributed by atoms with E-state index in [1.54, 1.807) is 48.5 Å². The molecule has 2 aromatic carbocycles. The fourth-order valence-corrected chi connectivity index (χ4v) is 3.25. The molecule has 0 spiro atoms. The first-order valence-corrected chi connectivity index (χ1v) is 9.38. The van der Waals surface area contributed by atoms with Crippen LogP contribution in [0.2, 0.25) is 0 Å². The van der Waals surface area contributed by atoms with Gasteiger partial charge in [0.2, 0.25) is 12.7 Å². The van der Waals surface area contributed by atoms with Crippen molar-refractivity contribution >= 4 is 22.6 Å². The number of para-hydroxylation sites is 1. The molecular weight excluding hydrogens is 402 g/mol. The number of fused-ring (bicyclic) bond motifs is 2. The number of carbonyl (C=O) groups excluding carboxylic acids is 1. The lowest BCUT2D eigenvalue weighted by atomic mass is 10.1. The predicted molar refractivity (Wildman–Crippen MR) is 111 cm³/mol. The number of hydrogen-bond acceptors (Lipinski definition) is 7. The minimum atomic E-state index is -0.679. The van der Waals surface area contributed by atoms with E-state index in [0.29, 0.717) is 33.7 Å². The summed E-state index contributed by atoms with van der Waals surface area (Å²) in [5.74, 6) is 0.628. The first kappa shape index (κ1) is 18.6. The molecule has 0 radical (unpaired) electrons. The van der Waals surface area contributed by atoms with Gasteiger partial charge in [-0.15, -0.1) is 0 Å². The van der Waals surface area contributed by atoms with E-state index in [1.165, 1.54) is 12.1 Å². The van der Waals surface area contributed by atoms with E-state index in [-0.39, 0.29) is 19.0 Å². The molecule has 9 heteroatoms. The number of carbonyl (C=O) groups is 1. The molecule has 0 bridgehead atoms. The lowest BCUT2D eigenvalue weighted by Crippen LogP contribution is -2.30. The van der Waals surface area contributed by atoms with Crippen LogP contribution in [0.15, 0.2) is 74.7 Å². The minimum absolute atomic E-state index is 0.0105. The second-order valence-corrected chi connectivity index (χ2v) is 6.82. The van der Waals surface area contributed by atoms with Gasteiger partial charge in [-0.3, -0.25) is 9.59 Å². The van der Waals surface area contributed by atoms with Crippen molar-refractivity contribution in [2.45, 2.75) is 6.54 Å². The molecule has 3 heterocycles. The Balaban J connectivity index is 1.39. The number of rotatable bonds is 4. The van der Waals surface area contributed by atoms with Crippen LogP contribution < -0.4 is 26.0 Å². The first-order chi connectivity index (χ1) is 15.1. The fourth-order valence-electron chi connectivity index (χ4n) is 3.25. The molecule has 1 aliphatic heterocycles. The van der Waals surface area contributed by atoms with Gasteiger partial charge in [-0.2, -0.15) is 5.10 Å². The number of ether oxygens (including phenoxy) is 2. The third-order valence-electron chi connectivity index (χ3n) is 4.74. The Morgan fingerprint density at radius 1 is 1.00 bits per heavy atom. The zero-order valence-corrected chi connectivity index (χ0v) is 16.0. The molecule has 0 aliphatic carbocycles. The highest BCUT2D eigenvalue weighted by Crippen LogP contribution is 2.35. The molecular formula is C22H15N3O6. The molecule has 0 unspecified atom stereocenters. The van der Waals surface area contributed by atoms with Crippen molar-refractivity contribution in [3.05, 3.63) is 81.4 Å². The fraction of sp³-hybridized carbons (Fsp3) is 0.0909. The van der Waals surface area contributed by atoms with Gasteiger partial charge in [0.25, 0.3) is 5.56 Å². The summed E-state index contributed by atoms with van der Waals surface area (Å²) < 4.78 is 16.9. The summed E-state index contributed by atoms with van der Waals surface area (Å²) in [5, 5.41) is 7.42. The van der Waals surface area contributed by atoms with Gasteiger partial charge in [0.1, 0.15) is 17.8 Å². The van der Waals surface area contributed by atoms with E-state index in [1.807, 2.05) is 0 Å². The summed E-state index contributed by atoms with van der Waals surface area (Å²) in [6.45, 7) is -0.224. The normalized spacial score (nSPS) is 12.1. The topological polar surface area (TPSA) is 113 Å². The Bertz CT molecular complexity index is 1440. The summed E-state index contributed by atoms with van der Waals surface area (Å²) in [6.07, 6.45) is 0. The van der Waals surface area contributed by atoms with Crippen molar-refractivity contribution in [3.8, 4) is 22.8 Å². The van der Waals surface area contributed by atoms with Crippen molar-refractivity contribution in [1.29, 1.82) is 0 Å². The Morgan fingerprint density at radius 2 is 1.84 bits per heavy atom. The van der Waals surface area contributed by atoms with Crippen molar-refractivity contribution in [2.75, 3.05) is 12.1 Å². The average molecular weight is 417 g/mol. The van der Waals surface area contributed by atoms with E-state index in [2.05, 4.69) is 10.4 Å². The van der Waals surface area contributed by atoms with Crippen molar-refractivity contribution < 1.29 is 18.7 Å². The molecule has 2 aromatic heterocycles. The summed E-state index contributed by atoms with van der Waals surface area (Å²) in [4.78, 5) is 36.8. The number of anilines is 1. The summed E-state index contributed by atoms with van der Waals surface area (Å²) >= 11 is 0. The molecule has 5 rings (SSSR count). The number of nitrogens with zero attached hydrogens (tertiary/aromatic N) is 2. The van der Waals surface area contributed by atoms with Crippen LogP contribution in [-0.4, -0.2) is 22.5 Å². The van der Waals surface area contributed by atoms with Gasteiger partial charge in [0, 0.05) is 17.0 Å². The Kier molecular flexibility index (Phi) is 4.47. The molecule has 154 valence electrons. The zero-order valence-electron chi connectivity index (χ0n) is 16.0. The number of amides is 1. The maximum Gasteiger partial charge on any atom is 0.360 e. The van der Waals surface area contributed by atoms with Crippen molar-refractivity contribution in [1.82, 2.24) is 9.78 Å². The maximum absolute atomic E-state index is 12.5. The maximum atomic E-state index is 12.5. The van der Waals surface area contributed by atoms with Gasteiger partial charge in [0.15, 0.2) is 11.5 Å². The predicted octanol–water partition coefficient (Wildman–Crippen LogP) is 2.38. The van der Waals surface area contributed by atoms with Gasteiger partial charge >= 0.3 is 5.63 Å². The molecule has 4 aromatic rings. The number of nitrogens with one attached hydrogen (secondary N) is 1. The third kappa shape index (κ3) is 3.64. The van der Waals surface area contributed by atoms with Crippen molar-refractivity contribution in [2.24, 2.45) is 0 Å². The van der Waals surface area contributed by atoms with Crippen LogP contribution in [0.3, 0.4) is 0 Å². The largest absolute Gasteiger partial charge is 0.454 e. The van der Waals surface area contributed by atoms with E-state index in [4.69, 9.17) is 13.9 Å². The number of hydrogen-bond donors (Lipinski definition) is 1. The molecule has 0 saturated carbocycles. The van der Waals surface area contributed by atoms with Gasteiger partial charge in [0.05, 0.1) is 5.69 Å². The van der Waals surface area contributed by atoms with E-state index >= 15 is 0 Å². The van der Waals surface area contributed by atoms with Gasteiger partial charge in [-0.05, 0) is 36.4 Å². The van der Waals surface area contributed by atoms with E-state index < -0.39 is 17.1 Å². The summed E-state index contributed by atoms with van der Waals surface area (Å²) in [6, 6.07) is 16.6. The Morgan fingerprint density at radius 3 is 2.74 bits per heavy atom. The molecule has 31 heavy (non-hydrogen) atoms. The summed E-state index contributed by atoms with van der Waals surface area (Å²) in [5.41, 5.74) is 0.458. The molecule has 0 saturated heterocycles. The quantitative estimate of drug-likeness (QED) is 0.507. The van der Waals surface area contributed by atoms with Gasteiger partial charge in [-0.25, -0.2) is 9.48 Å². The lowest BCUT2D eigenvalue weighted by Gasteiger charge is -2.08. The zero-order chi connectivity index (χ0) is 21.4. The Labute approximate surface area is 174 Å². The highest BCUT2D eigenvalue weighted by atomic mass is 16.7. The van der Waals surface area contributed by atoms with Crippen LogP contribution in [0.4, 0.5) is 5.69 Å². The molecule has 1 aliphatic rings. The van der Waals surface area contributed by atoms with E-state index in [0.717, 1.165) is 4.68 Å². The van der Waals surface area contributed by atoms with Crippen LogP contribution in [0.5, 0.6) is 11.5 Å². The van der Waals surface area contributed by atoms with Crippen LogP contribution in [0.25, 0.3) is 22.2 Å². The molecule has 1 N–H and O–H groups in total. The lowest BCUT2D eigenvalue weighted by molar-refractivity contribution is -0.117. The number of aromatic nitrogens is 2. The molecule has 0 atom stereocenters. The minimum Gasteiger partial charge on any atom is -0.454 e. The number of benzene rings is 2. The monoisotopic (exact) mass is 417 g/mol. The van der Waals surface area contributed by atoms with Crippen LogP contribution in [-0.2, 0) is 11.3 Å². The molecule has 9 nitrogen and oxygen atoms in total. The highest BCUT2D eigenvalue weighted by molar-refractivity contribution is 5.92. The van der Waals surface area contributed by atoms with Gasteiger partial charge < -0.3 is 19.2 Å². The van der Waals surface area contributed by atoms with Crippen LogP contribution in [0, 0.1) is 0 Å². The second kappa shape index (κ2) is 7.45. The average Bonchev–Trinajstić information content (AvgIpc) is 3.24. The molecule has 0 fully saturated rings. The summed E-state index contributed by atoms with van der Waals surface area (Å²) in [7, 11) is 0. The van der Waals surface area contributed by atoms with Gasteiger partial charge in [-0.1, -0.05) is 18.2 Å². The smallest absolute Gasteiger partial charge is 0.360 e. The van der Waals surface area contributed by atoms with Crippen molar-refractivity contribution in [3.63, 3.8) is 0 Å². The highest BCUT2D eigenvalue weighted by Gasteiger charge is 2.16. The van der Waals surface area contributed by atoms with Crippen LogP contribution >= 0.6 is 0 Å². The van der Waals surface area contributed by atoms with E-state index in [9.17, 15) is 14.4 Å². The Hall–Kier alpha value is -4.40. The third-order valence-corrected chi connectivity index (χ3v) is 4.74. The first-order valence-electron chi connectivity index (χ1n) is 9.38.